The second kappa shape index (κ2) is 6.25. The largest absolute Gasteiger partial charge is 0.397 e. The van der Waals surface area contributed by atoms with E-state index in [1.807, 2.05) is 13.1 Å². The summed E-state index contributed by atoms with van der Waals surface area (Å²) in [6.45, 7) is 2.69. The van der Waals surface area contributed by atoms with Gasteiger partial charge in [-0.2, -0.15) is 0 Å². The van der Waals surface area contributed by atoms with Crippen molar-refractivity contribution in [1.29, 1.82) is 0 Å². The molecule has 1 fully saturated rings. The van der Waals surface area contributed by atoms with Crippen LogP contribution < -0.4 is 16.0 Å². The van der Waals surface area contributed by atoms with Gasteiger partial charge in [-0.05, 0) is 24.8 Å². The fraction of sp³-hybridized carbons (Fsp3) is 0.615. The smallest absolute Gasteiger partial charge is 0.263 e. The Morgan fingerprint density at radius 3 is 2.89 bits per heavy atom. The van der Waals surface area contributed by atoms with Crippen LogP contribution in [0.3, 0.4) is 0 Å². The molecule has 0 unspecified atom stereocenters. The number of carbonyl (C=O) groups is 1. The first kappa shape index (κ1) is 14.1. The summed E-state index contributed by atoms with van der Waals surface area (Å²) in [5.74, 6) is 0.541. The summed E-state index contributed by atoms with van der Waals surface area (Å²) < 4.78 is 5.37. The predicted octanol–water partition coefficient (Wildman–Crippen LogP) is 1.55. The molecule has 1 aromatic rings. The van der Waals surface area contributed by atoms with Crippen LogP contribution in [-0.2, 0) is 4.74 Å². The quantitative estimate of drug-likeness (QED) is 0.880. The van der Waals surface area contributed by atoms with Crippen LogP contribution in [-0.4, -0.2) is 39.8 Å². The molecule has 1 amide bonds. The van der Waals surface area contributed by atoms with Crippen molar-refractivity contribution >= 4 is 27.9 Å². The standard InChI is InChI=1S/C13H21N3O2S/c1-15-13(17)12-10(14)7-11(19-12)16(2)8-9-3-5-18-6-4-9/h7,9H,3-6,8,14H2,1-2H3,(H,15,17). The van der Waals surface area contributed by atoms with Gasteiger partial charge < -0.3 is 20.7 Å². The molecule has 0 aromatic carbocycles. The van der Waals surface area contributed by atoms with E-state index in [-0.39, 0.29) is 5.91 Å². The lowest BCUT2D eigenvalue weighted by Gasteiger charge is -2.27. The minimum Gasteiger partial charge on any atom is -0.397 e. The highest BCUT2D eigenvalue weighted by Crippen LogP contribution is 2.32. The zero-order valence-electron chi connectivity index (χ0n) is 11.4. The molecule has 3 N–H and O–H groups in total. The van der Waals surface area contributed by atoms with Gasteiger partial charge in [0, 0.05) is 33.9 Å². The minimum absolute atomic E-state index is 0.117. The van der Waals surface area contributed by atoms with E-state index in [4.69, 9.17) is 10.5 Å². The van der Waals surface area contributed by atoms with Crippen LogP contribution in [0, 0.1) is 5.92 Å². The van der Waals surface area contributed by atoms with Crippen LogP contribution in [0.2, 0.25) is 0 Å². The van der Waals surface area contributed by atoms with Crippen molar-refractivity contribution < 1.29 is 9.53 Å². The topological polar surface area (TPSA) is 67.6 Å². The summed E-state index contributed by atoms with van der Waals surface area (Å²) in [7, 11) is 3.67. The number of nitrogens with two attached hydrogens (primary N) is 1. The summed E-state index contributed by atoms with van der Waals surface area (Å²) in [5, 5.41) is 3.66. The second-order valence-corrected chi connectivity index (χ2v) is 5.92. The number of nitrogens with one attached hydrogen (secondary N) is 1. The van der Waals surface area contributed by atoms with Crippen LogP contribution in [0.15, 0.2) is 6.07 Å². The highest BCUT2D eigenvalue weighted by molar-refractivity contribution is 7.18. The van der Waals surface area contributed by atoms with Gasteiger partial charge >= 0.3 is 0 Å². The highest BCUT2D eigenvalue weighted by Gasteiger charge is 2.19. The molecule has 106 valence electrons. The molecule has 1 saturated heterocycles. The van der Waals surface area contributed by atoms with Gasteiger partial charge in [0.25, 0.3) is 5.91 Å². The summed E-state index contributed by atoms with van der Waals surface area (Å²) in [6, 6.07) is 1.88. The van der Waals surface area contributed by atoms with Crippen LogP contribution in [0.5, 0.6) is 0 Å². The molecule has 2 rings (SSSR count). The third-order valence-corrected chi connectivity index (χ3v) is 4.69. The molecule has 0 atom stereocenters. The normalized spacial score (nSPS) is 16.3. The van der Waals surface area contributed by atoms with Crippen LogP contribution in [0.1, 0.15) is 22.5 Å². The molecule has 1 aromatic heterocycles. The average Bonchev–Trinajstić information content (AvgIpc) is 2.81. The van der Waals surface area contributed by atoms with Crippen molar-refractivity contribution in [1.82, 2.24) is 5.32 Å². The number of hydrogen-bond donors (Lipinski definition) is 2. The first-order valence-electron chi connectivity index (χ1n) is 6.52. The maximum atomic E-state index is 11.6. The molecule has 1 aliphatic rings. The molecule has 0 bridgehead atoms. The predicted molar refractivity (Wildman–Crippen MR) is 78.9 cm³/mol. The fourth-order valence-electron chi connectivity index (χ4n) is 2.28. The molecule has 0 aliphatic carbocycles. The molecule has 0 saturated carbocycles. The average molecular weight is 283 g/mol. The fourth-order valence-corrected chi connectivity index (χ4v) is 3.27. The van der Waals surface area contributed by atoms with Crippen molar-refractivity contribution in [3.63, 3.8) is 0 Å². The van der Waals surface area contributed by atoms with Gasteiger partial charge in [0.15, 0.2) is 0 Å². The Bertz CT molecular complexity index is 441. The Hall–Kier alpha value is -1.27. The van der Waals surface area contributed by atoms with E-state index in [2.05, 4.69) is 10.2 Å². The number of nitrogens with zero attached hydrogens (tertiary/aromatic N) is 1. The Morgan fingerprint density at radius 1 is 1.58 bits per heavy atom. The molecule has 2 heterocycles. The van der Waals surface area contributed by atoms with Crippen LogP contribution in [0.4, 0.5) is 10.7 Å². The first-order chi connectivity index (χ1) is 9.11. The maximum absolute atomic E-state index is 11.6. The van der Waals surface area contributed by atoms with Gasteiger partial charge in [0.2, 0.25) is 0 Å². The highest BCUT2D eigenvalue weighted by atomic mass is 32.1. The van der Waals surface area contributed by atoms with E-state index in [0.717, 1.165) is 37.6 Å². The van der Waals surface area contributed by atoms with E-state index in [9.17, 15) is 4.79 Å². The number of amides is 1. The van der Waals surface area contributed by atoms with Crippen molar-refractivity contribution in [2.75, 3.05) is 44.5 Å². The van der Waals surface area contributed by atoms with Crippen molar-refractivity contribution in [3.05, 3.63) is 10.9 Å². The van der Waals surface area contributed by atoms with Crippen molar-refractivity contribution in [3.8, 4) is 0 Å². The zero-order chi connectivity index (χ0) is 13.8. The number of carbonyl (C=O) groups excluding carboxylic acids is 1. The second-order valence-electron chi connectivity index (χ2n) is 4.88. The van der Waals surface area contributed by atoms with E-state index in [1.165, 1.54) is 11.3 Å². The Labute approximate surface area is 117 Å². The Balaban J connectivity index is 2.02. The number of hydrogen-bond acceptors (Lipinski definition) is 5. The van der Waals surface area contributed by atoms with E-state index < -0.39 is 0 Å². The number of nitrogen functional groups attached to an aromatic ring is 1. The number of rotatable bonds is 4. The molecule has 0 radical (unpaired) electrons. The molecule has 0 spiro atoms. The van der Waals surface area contributed by atoms with Crippen LogP contribution in [0.25, 0.3) is 0 Å². The number of anilines is 2. The van der Waals surface area contributed by atoms with E-state index in [1.54, 1.807) is 7.05 Å². The monoisotopic (exact) mass is 283 g/mol. The molecule has 1 aliphatic heterocycles. The van der Waals surface area contributed by atoms with Gasteiger partial charge in [-0.3, -0.25) is 4.79 Å². The number of thiophene rings is 1. The lowest BCUT2D eigenvalue weighted by Crippen LogP contribution is -2.29. The molecular weight excluding hydrogens is 262 g/mol. The summed E-state index contributed by atoms with van der Waals surface area (Å²) in [6.07, 6.45) is 2.21. The van der Waals surface area contributed by atoms with E-state index in [0.29, 0.717) is 16.5 Å². The first-order valence-corrected chi connectivity index (χ1v) is 7.33. The van der Waals surface area contributed by atoms with Crippen LogP contribution >= 0.6 is 11.3 Å². The summed E-state index contributed by atoms with van der Waals surface area (Å²) in [5.41, 5.74) is 6.45. The Kier molecular flexibility index (Phi) is 4.66. The zero-order valence-corrected chi connectivity index (χ0v) is 12.3. The summed E-state index contributed by atoms with van der Waals surface area (Å²) >= 11 is 1.45. The SMILES string of the molecule is CNC(=O)c1sc(N(C)CC2CCOCC2)cc1N. The van der Waals surface area contributed by atoms with Gasteiger partial charge in [0.05, 0.1) is 10.7 Å². The van der Waals surface area contributed by atoms with Gasteiger partial charge in [-0.15, -0.1) is 11.3 Å². The Morgan fingerprint density at radius 2 is 2.26 bits per heavy atom. The van der Waals surface area contributed by atoms with E-state index >= 15 is 0 Å². The molecule has 19 heavy (non-hydrogen) atoms. The lowest BCUT2D eigenvalue weighted by molar-refractivity contribution is 0.0685. The van der Waals surface area contributed by atoms with Gasteiger partial charge in [0.1, 0.15) is 4.88 Å². The maximum Gasteiger partial charge on any atom is 0.263 e. The molecular formula is C13H21N3O2S. The number of ether oxygens (including phenoxy) is 1. The van der Waals surface area contributed by atoms with Crippen molar-refractivity contribution in [2.45, 2.75) is 12.8 Å². The van der Waals surface area contributed by atoms with Crippen molar-refractivity contribution in [2.24, 2.45) is 5.92 Å². The third kappa shape index (κ3) is 3.39. The van der Waals surface area contributed by atoms with Gasteiger partial charge in [-0.1, -0.05) is 0 Å². The minimum atomic E-state index is -0.117. The lowest BCUT2D eigenvalue weighted by atomic mass is 10.00. The summed E-state index contributed by atoms with van der Waals surface area (Å²) in [4.78, 5) is 14.4. The molecule has 5 nitrogen and oxygen atoms in total. The van der Waals surface area contributed by atoms with Gasteiger partial charge in [-0.25, -0.2) is 0 Å². The third-order valence-electron chi connectivity index (χ3n) is 3.43. The molecule has 6 heteroatoms.